The van der Waals surface area contributed by atoms with E-state index in [0.717, 1.165) is 29.5 Å². The van der Waals surface area contributed by atoms with Gasteiger partial charge in [-0.3, -0.25) is 4.79 Å². The van der Waals surface area contributed by atoms with E-state index in [1.807, 2.05) is 25.2 Å². The molecule has 1 N–H and O–H groups in total. The van der Waals surface area contributed by atoms with E-state index >= 15 is 0 Å². The highest BCUT2D eigenvalue weighted by molar-refractivity contribution is 5.73. The minimum atomic E-state index is -0.233. The van der Waals surface area contributed by atoms with Gasteiger partial charge in [-0.1, -0.05) is 6.07 Å². The van der Waals surface area contributed by atoms with Crippen molar-refractivity contribution in [1.82, 2.24) is 0 Å². The van der Waals surface area contributed by atoms with Crippen molar-refractivity contribution in [3.8, 4) is 5.75 Å². The molecule has 18 heavy (non-hydrogen) atoms. The lowest BCUT2D eigenvalue weighted by Gasteiger charge is -2.12. The van der Waals surface area contributed by atoms with Crippen molar-refractivity contribution < 1.29 is 14.3 Å². The Morgan fingerprint density at radius 3 is 2.83 bits per heavy atom. The Balaban J connectivity index is 2.03. The number of rotatable bonds is 6. The Hall–Kier alpha value is -1.71. The van der Waals surface area contributed by atoms with Gasteiger partial charge in [0.05, 0.1) is 25.8 Å². The van der Waals surface area contributed by atoms with Crippen LogP contribution in [0.25, 0.3) is 0 Å². The zero-order valence-corrected chi connectivity index (χ0v) is 10.9. The first-order chi connectivity index (χ1) is 8.72. The molecule has 0 saturated heterocycles. The number of nitrogens with one attached hydrogen (secondary N) is 1. The van der Waals surface area contributed by atoms with Crippen LogP contribution >= 0.6 is 0 Å². The first-order valence-electron chi connectivity index (χ1n) is 6.23. The average Bonchev–Trinajstić information content (AvgIpc) is 3.21. The standard InChI is InChI=1S/C14H19NO3/c1-15-12-7-11(8-14(16)17-2)5-6-13(12)18-9-10-3-4-10/h5-7,10,15H,3-4,8-9H2,1-2H3. The minimum Gasteiger partial charge on any atom is -0.491 e. The molecule has 1 aliphatic rings. The predicted octanol–water partition coefficient (Wildman–Crippen LogP) is 2.23. The van der Waals surface area contributed by atoms with E-state index in [2.05, 4.69) is 10.1 Å². The second kappa shape index (κ2) is 5.76. The third-order valence-electron chi connectivity index (χ3n) is 3.06. The van der Waals surface area contributed by atoms with E-state index in [1.165, 1.54) is 20.0 Å². The van der Waals surface area contributed by atoms with Crippen LogP contribution < -0.4 is 10.1 Å². The summed E-state index contributed by atoms with van der Waals surface area (Å²) in [4.78, 5) is 11.2. The maximum atomic E-state index is 11.2. The number of carbonyl (C=O) groups excluding carboxylic acids is 1. The fraction of sp³-hybridized carbons (Fsp3) is 0.500. The summed E-state index contributed by atoms with van der Waals surface area (Å²) in [6.07, 6.45) is 2.83. The van der Waals surface area contributed by atoms with Gasteiger partial charge in [-0.25, -0.2) is 0 Å². The van der Waals surface area contributed by atoms with Crippen molar-refractivity contribution in [2.24, 2.45) is 5.92 Å². The van der Waals surface area contributed by atoms with Gasteiger partial charge in [0.15, 0.2) is 0 Å². The molecule has 1 aliphatic carbocycles. The molecule has 98 valence electrons. The van der Waals surface area contributed by atoms with Gasteiger partial charge < -0.3 is 14.8 Å². The molecule has 0 atom stereocenters. The minimum absolute atomic E-state index is 0.233. The van der Waals surface area contributed by atoms with Crippen LogP contribution in [-0.4, -0.2) is 26.7 Å². The number of carbonyl (C=O) groups is 1. The molecule has 1 saturated carbocycles. The van der Waals surface area contributed by atoms with Crippen molar-refractivity contribution >= 4 is 11.7 Å². The molecule has 1 fully saturated rings. The van der Waals surface area contributed by atoms with E-state index in [4.69, 9.17) is 4.74 Å². The third-order valence-corrected chi connectivity index (χ3v) is 3.06. The number of methoxy groups -OCH3 is 1. The topological polar surface area (TPSA) is 47.6 Å². The average molecular weight is 249 g/mol. The van der Waals surface area contributed by atoms with Gasteiger partial charge in [-0.05, 0) is 36.5 Å². The summed E-state index contributed by atoms with van der Waals surface area (Å²) < 4.78 is 10.4. The molecular weight excluding hydrogens is 230 g/mol. The van der Waals surface area contributed by atoms with Crippen LogP contribution in [0, 0.1) is 5.92 Å². The van der Waals surface area contributed by atoms with Gasteiger partial charge in [0.25, 0.3) is 0 Å². The maximum absolute atomic E-state index is 11.2. The van der Waals surface area contributed by atoms with E-state index < -0.39 is 0 Å². The summed E-state index contributed by atoms with van der Waals surface area (Å²) in [5.41, 5.74) is 1.84. The molecule has 0 aromatic heterocycles. The molecule has 0 amide bonds. The molecule has 1 aromatic rings. The SMILES string of the molecule is CNc1cc(CC(=O)OC)ccc1OCC1CC1. The molecule has 0 aliphatic heterocycles. The summed E-state index contributed by atoms with van der Waals surface area (Å²) in [6, 6.07) is 5.74. The van der Waals surface area contributed by atoms with Gasteiger partial charge in [0, 0.05) is 7.05 Å². The van der Waals surface area contributed by atoms with Gasteiger partial charge >= 0.3 is 5.97 Å². The van der Waals surface area contributed by atoms with Gasteiger partial charge in [0.1, 0.15) is 5.75 Å². The summed E-state index contributed by atoms with van der Waals surface area (Å²) in [6.45, 7) is 0.783. The van der Waals surface area contributed by atoms with E-state index in [9.17, 15) is 4.79 Å². The summed E-state index contributed by atoms with van der Waals surface area (Å²) in [5.74, 6) is 1.34. The Kier molecular flexibility index (Phi) is 4.07. The predicted molar refractivity (Wildman–Crippen MR) is 69.9 cm³/mol. The zero-order valence-electron chi connectivity index (χ0n) is 10.9. The lowest BCUT2D eigenvalue weighted by molar-refractivity contribution is -0.139. The fourth-order valence-electron chi connectivity index (χ4n) is 1.74. The summed E-state index contributed by atoms with van der Waals surface area (Å²) in [5, 5.41) is 3.09. The number of hydrogen-bond acceptors (Lipinski definition) is 4. The van der Waals surface area contributed by atoms with Crippen LogP contribution in [0.2, 0.25) is 0 Å². The lowest BCUT2D eigenvalue weighted by atomic mass is 10.1. The Bertz CT molecular complexity index is 427. The van der Waals surface area contributed by atoms with E-state index in [1.54, 1.807) is 0 Å². The molecule has 0 radical (unpaired) electrons. The zero-order chi connectivity index (χ0) is 13.0. The molecule has 0 unspecified atom stereocenters. The molecule has 0 spiro atoms. The van der Waals surface area contributed by atoms with Crippen molar-refractivity contribution in [2.75, 3.05) is 26.1 Å². The number of ether oxygens (including phenoxy) is 2. The van der Waals surface area contributed by atoms with Crippen LogP contribution in [0.3, 0.4) is 0 Å². The molecule has 0 bridgehead atoms. The summed E-state index contributed by atoms with van der Waals surface area (Å²) >= 11 is 0. The van der Waals surface area contributed by atoms with Crippen LogP contribution in [0.4, 0.5) is 5.69 Å². The largest absolute Gasteiger partial charge is 0.491 e. The molecule has 4 heteroatoms. The van der Waals surface area contributed by atoms with Gasteiger partial charge in [-0.2, -0.15) is 0 Å². The molecule has 4 nitrogen and oxygen atoms in total. The maximum Gasteiger partial charge on any atom is 0.309 e. The second-order valence-electron chi connectivity index (χ2n) is 4.59. The smallest absolute Gasteiger partial charge is 0.309 e. The monoisotopic (exact) mass is 249 g/mol. The van der Waals surface area contributed by atoms with E-state index in [-0.39, 0.29) is 12.4 Å². The second-order valence-corrected chi connectivity index (χ2v) is 4.59. The van der Waals surface area contributed by atoms with Crippen molar-refractivity contribution in [3.63, 3.8) is 0 Å². The highest BCUT2D eigenvalue weighted by atomic mass is 16.5. The van der Waals surface area contributed by atoms with Crippen molar-refractivity contribution in [2.45, 2.75) is 19.3 Å². The normalized spacial score (nSPS) is 14.1. The molecular formula is C14H19NO3. The Labute approximate surface area is 107 Å². The number of anilines is 1. The first-order valence-corrected chi connectivity index (χ1v) is 6.23. The summed E-state index contributed by atoms with van der Waals surface area (Å²) in [7, 11) is 3.25. The molecule has 0 heterocycles. The molecule has 2 rings (SSSR count). The van der Waals surface area contributed by atoms with Crippen molar-refractivity contribution in [3.05, 3.63) is 23.8 Å². The van der Waals surface area contributed by atoms with Crippen LogP contribution in [0.15, 0.2) is 18.2 Å². The fourth-order valence-corrected chi connectivity index (χ4v) is 1.74. The highest BCUT2D eigenvalue weighted by Crippen LogP contribution is 2.32. The lowest BCUT2D eigenvalue weighted by Crippen LogP contribution is -2.06. The van der Waals surface area contributed by atoms with Gasteiger partial charge in [-0.15, -0.1) is 0 Å². The third kappa shape index (κ3) is 3.39. The Morgan fingerprint density at radius 2 is 2.22 bits per heavy atom. The van der Waals surface area contributed by atoms with Crippen LogP contribution in [0.5, 0.6) is 5.75 Å². The molecule has 1 aromatic carbocycles. The number of esters is 1. The Morgan fingerprint density at radius 1 is 1.44 bits per heavy atom. The van der Waals surface area contributed by atoms with Gasteiger partial charge in [0.2, 0.25) is 0 Å². The first kappa shape index (κ1) is 12.7. The van der Waals surface area contributed by atoms with E-state index in [0.29, 0.717) is 0 Å². The number of hydrogen-bond donors (Lipinski definition) is 1. The number of benzene rings is 1. The van der Waals surface area contributed by atoms with Crippen LogP contribution in [0.1, 0.15) is 18.4 Å². The quantitative estimate of drug-likeness (QED) is 0.785. The van der Waals surface area contributed by atoms with Crippen molar-refractivity contribution in [1.29, 1.82) is 0 Å². The highest BCUT2D eigenvalue weighted by Gasteiger charge is 2.22. The van der Waals surface area contributed by atoms with Crippen LogP contribution in [-0.2, 0) is 16.0 Å².